The highest BCUT2D eigenvalue weighted by molar-refractivity contribution is 14.1. The van der Waals surface area contributed by atoms with Crippen molar-refractivity contribution in [3.8, 4) is 5.75 Å². The van der Waals surface area contributed by atoms with Crippen molar-refractivity contribution >= 4 is 46.0 Å². The van der Waals surface area contributed by atoms with Crippen molar-refractivity contribution in [1.82, 2.24) is 10.2 Å². The molecule has 0 fully saturated rings. The Balaban J connectivity index is 2.21. The number of hydrogen-bond donors (Lipinski definition) is 1. The lowest BCUT2D eigenvalue weighted by molar-refractivity contribution is -0.143. The molecule has 156 valence electrons. The average molecular weight is 529 g/mol. The number of halogens is 2. The molecule has 7 heteroatoms. The van der Waals surface area contributed by atoms with E-state index in [1.54, 1.807) is 11.0 Å². The third-order valence-electron chi connectivity index (χ3n) is 4.29. The number of rotatable bonds is 9. The van der Waals surface area contributed by atoms with Gasteiger partial charge >= 0.3 is 0 Å². The maximum absolute atomic E-state index is 13.1. The summed E-state index contributed by atoms with van der Waals surface area (Å²) in [5, 5.41) is 3.46. The number of nitrogens with one attached hydrogen (secondary N) is 1. The van der Waals surface area contributed by atoms with Gasteiger partial charge in [-0.25, -0.2) is 0 Å². The van der Waals surface area contributed by atoms with E-state index in [1.165, 1.54) is 0 Å². The molecular formula is C22H26ClIN2O3. The molecule has 29 heavy (non-hydrogen) atoms. The van der Waals surface area contributed by atoms with Gasteiger partial charge in [-0.15, -0.1) is 0 Å². The van der Waals surface area contributed by atoms with Crippen LogP contribution in [0.25, 0.3) is 0 Å². The summed E-state index contributed by atoms with van der Waals surface area (Å²) in [7, 11) is 0. The summed E-state index contributed by atoms with van der Waals surface area (Å²) in [6.07, 6.45) is 0.484. The molecule has 0 spiro atoms. The topological polar surface area (TPSA) is 58.6 Å². The largest absolute Gasteiger partial charge is 0.484 e. The number of ether oxygens (including phenoxy) is 1. The molecule has 0 aliphatic heterocycles. The molecule has 0 unspecified atom stereocenters. The first-order valence-electron chi connectivity index (χ1n) is 9.53. The molecule has 0 saturated heterocycles. The molecule has 0 aromatic heterocycles. The zero-order valence-corrected chi connectivity index (χ0v) is 19.7. The summed E-state index contributed by atoms with van der Waals surface area (Å²) in [6, 6.07) is 14.2. The summed E-state index contributed by atoms with van der Waals surface area (Å²) in [5.74, 6) is 0.155. The second kappa shape index (κ2) is 11.4. The highest BCUT2D eigenvalue weighted by Crippen LogP contribution is 2.20. The molecule has 1 N–H and O–H groups in total. The van der Waals surface area contributed by atoms with Crippen molar-refractivity contribution in [2.45, 2.75) is 45.8 Å². The Bertz CT molecular complexity index is 827. The number of hydrogen-bond acceptors (Lipinski definition) is 3. The highest BCUT2D eigenvalue weighted by Gasteiger charge is 2.29. The Hall–Kier alpha value is -1.80. The number of benzene rings is 2. The predicted octanol–water partition coefficient (Wildman–Crippen LogP) is 4.66. The van der Waals surface area contributed by atoms with Crippen LogP contribution in [0.2, 0.25) is 5.02 Å². The molecule has 0 aliphatic carbocycles. The van der Waals surface area contributed by atoms with E-state index in [2.05, 4.69) is 27.9 Å². The van der Waals surface area contributed by atoms with Crippen LogP contribution in [0.4, 0.5) is 0 Å². The third-order valence-corrected chi connectivity index (χ3v) is 5.38. The molecule has 0 saturated carbocycles. The summed E-state index contributed by atoms with van der Waals surface area (Å²) in [4.78, 5) is 27.4. The minimum atomic E-state index is -0.610. The first-order valence-corrected chi connectivity index (χ1v) is 11.0. The standard InChI is InChI=1S/C22H26ClIN2O3/c1-4-20(22(28)25-15(2)3)26(13-16-7-5-6-8-19(16)23)21(27)14-29-18-11-9-17(24)10-12-18/h5-12,15,20H,4,13-14H2,1-3H3,(H,25,28)/t20-/m1/s1. The monoisotopic (exact) mass is 528 g/mol. The minimum absolute atomic E-state index is 0.0168. The van der Waals surface area contributed by atoms with Gasteiger partial charge in [-0.3, -0.25) is 9.59 Å². The van der Waals surface area contributed by atoms with E-state index in [-0.39, 0.29) is 31.0 Å². The lowest BCUT2D eigenvalue weighted by atomic mass is 10.1. The fourth-order valence-electron chi connectivity index (χ4n) is 2.87. The molecule has 2 rings (SSSR count). The van der Waals surface area contributed by atoms with Gasteiger partial charge in [-0.1, -0.05) is 36.7 Å². The van der Waals surface area contributed by atoms with E-state index in [1.807, 2.05) is 63.2 Å². The smallest absolute Gasteiger partial charge is 0.261 e. The van der Waals surface area contributed by atoms with E-state index in [0.717, 1.165) is 9.13 Å². The van der Waals surface area contributed by atoms with Crippen LogP contribution in [0.1, 0.15) is 32.8 Å². The molecule has 2 aromatic carbocycles. The Kier molecular flexibility index (Phi) is 9.23. The first kappa shape index (κ1) is 23.5. The fraction of sp³-hybridized carbons (Fsp3) is 0.364. The molecule has 0 radical (unpaired) electrons. The number of carbonyl (C=O) groups is 2. The number of nitrogens with zero attached hydrogens (tertiary/aromatic N) is 1. The van der Waals surface area contributed by atoms with Gasteiger partial charge in [0.15, 0.2) is 6.61 Å². The Morgan fingerprint density at radius 2 is 1.79 bits per heavy atom. The Morgan fingerprint density at radius 1 is 1.14 bits per heavy atom. The molecule has 5 nitrogen and oxygen atoms in total. The minimum Gasteiger partial charge on any atom is -0.484 e. The number of amides is 2. The fourth-order valence-corrected chi connectivity index (χ4v) is 3.42. The third kappa shape index (κ3) is 7.19. The Morgan fingerprint density at radius 3 is 2.38 bits per heavy atom. The predicted molar refractivity (Wildman–Crippen MR) is 124 cm³/mol. The van der Waals surface area contributed by atoms with Crippen molar-refractivity contribution < 1.29 is 14.3 Å². The van der Waals surface area contributed by atoms with Crippen molar-refractivity contribution in [3.63, 3.8) is 0 Å². The second-order valence-corrected chi connectivity index (χ2v) is 8.60. The van der Waals surface area contributed by atoms with Gasteiger partial charge in [0.25, 0.3) is 5.91 Å². The van der Waals surface area contributed by atoms with E-state index in [4.69, 9.17) is 16.3 Å². The maximum Gasteiger partial charge on any atom is 0.261 e. The zero-order chi connectivity index (χ0) is 21.4. The van der Waals surface area contributed by atoms with Crippen molar-refractivity contribution in [1.29, 1.82) is 0 Å². The van der Waals surface area contributed by atoms with Crippen LogP contribution in [0.3, 0.4) is 0 Å². The molecule has 2 amide bonds. The van der Waals surface area contributed by atoms with Crippen LogP contribution in [-0.4, -0.2) is 35.4 Å². The van der Waals surface area contributed by atoms with Crippen LogP contribution in [0, 0.1) is 3.57 Å². The van der Waals surface area contributed by atoms with Gasteiger partial charge < -0.3 is 15.0 Å². The van der Waals surface area contributed by atoms with Crippen LogP contribution >= 0.6 is 34.2 Å². The van der Waals surface area contributed by atoms with Crippen molar-refractivity contribution in [3.05, 3.63) is 62.7 Å². The molecule has 0 heterocycles. The highest BCUT2D eigenvalue weighted by atomic mass is 127. The SMILES string of the molecule is CC[C@H](C(=O)NC(C)C)N(Cc1ccccc1Cl)C(=O)COc1ccc(I)cc1. The second-order valence-electron chi connectivity index (χ2n) is 6.94. The molecule has 0 bridgehead atoms. The maximum atomic E-state index is 13.1. The van der Waals surface area contributed by atoms with Crippen LogP contribution < -0.4 is 10.1 Å². The van der Waals surface area contributed by atoms with E-state index in [0.29, 0.717) is 17.2 Å². The Labute approximate surface area is 190 Å². The van der Waals surface area contributed by atoms with Crippen molar-refractivity contribution in [2.24, 2.45) is 0 Å². The van der Waals surface area contributed by atoms with Crippen LogP contribution in [0.15, 0.2) is 48.5 Å². The average Bonchev–Trinajstić information content (AvgIpc) is 2.68. The van der Waals surface area contributed by atoms with Crippen molar-refractivity contribution in [2.75, 3.05) is 6.61 Å². The van der Waals surface area contributed by atoms with Gasteiger partial charge in [-0.05, 0) is 78.8 Å². The number of carbonyl (C=O) groups excluding carboxylic acids is 2. The normalized spacial score (nSPS) is 11.8. The molecule has 0 aliphatic rings. The van der Waals surface area contributed by atoms with Gasteiger partial charge in [0.05, 0.1) is 0 Å². The van der Waals surface area contributed by atoms with Gasteiger partial charge in [-0.2, -0.15) is 0 Å². The summed E-state index contributed by atoms with van der Waals surface area (Å²) in [5.41, 5.74) is 0.785. The summed E-state index contributed by atoms with van der Waals surface area (Å²) < 4.78 is 6.75. The molecule has 2 aromatic rings. The van der Waals surface area contributed by atoms with E-state index >= 15 is 0 Å². The van der Waals surface area contributed by atoms with Crippen LogP contribution in [-0.2, 0) is 16.1 Å². The zero-order valence-electron chi connectivity index (χ0n) is 16.8. The summed E-state index contributed by atoms with van der Waals surface area (Å²) >= 11 is 8.51. The lowest BCUT2D eigenvalue weighted by Gasteiger charge is -2.31. The van der Waals surface area contributed by atoms with E-state index in [9.17, 15) is 9.59 Å². The lowest BCUT2D eigenvalue weighted by Crippen LogP contribution is -2.51. The quantitative estimate of drug-likeness (QED) is 0.482. The molecule has 1 atom stereocenters. The first-order chi connectivity index (χ1) is 13.8. The van der Waals surface area contributed by atoms with Gasteiger partial charge in [0.1, 0.15) is 11.8 Å². The summed E-state index contributed by atoms with van der Waals surface area (Å²) in [6.45, 7) is 5.75. The van der Waals surface area contributed by atoms with E-state index < -0.39 is 6.04 Å². The van der Waals surface area contributed by atoms with Gasteiger partial charge in [0.2, 0.25) is 5.91 Å². The van der Waals surface area contributed by atoms with Crippen LogP contribution in [0.5, 0.6) is 5.75 Å². The van der Waals surface area contributed by atoms with Gasteiger partial charge in [0, 0.05) is 21.2 Å². The molecular weight excluding hydrogens is 503 g/mol.